The largest absolute Gasteiger partial charge is 0.508 e. The van der Waals surface area contributed by atoms with E-state index in [1.165, 1.54) is 0 Å². The van der Waals surface area contributed by atoms with Gasteiger partial charge in [-0.1, -0.05) is 32.9 Å². The van der Waals surface area contributed by atoms with Crippen molar-refractivity contribution < 1.29 is 5.11 Å². The summed E-state index contributed by atoms with van der Waals surface area (Å²) in [5.41, 5.74) is 1.36. The van der Waals surface area contributed by atoms with Crippen molar-refractivity contribution in [1.29, 1.82) is 0 Å². The molecule has 0 fully saturated rings. The summed E-state index contributed by atoms with van der Waals surface area (Å²) in [4.78, 5) is 0. The zero-order chi connectivity index (χ0) is 12.3. The number of hydrogen-bond acceptors (Lipinski definition) is 2. The molecule has 2 unspecified atom stereocenters. The normalized spacial score (nSPS) is 15.8. The maximum absolute atomic E-state index is 9.43. The minimum absolute atomic E-state index is 0.241. The Labute approximate surface area is 98.7 Å². The highest BCUT2D eigenvalue weighted by Gasteiger charge is 2.21. The van der Waals surface area contributed by atoms with Gasteiger partial charge in [-0.3, -0.25) is 0 Å². The topological polar surface area (TPSA) is 32.3 Å². The molecule has 1 rings (SSSR count). The van der Waals surface area contributed by atoms with E-state index in [1.807, 2.05) is 18.2 Å². The highest BCUT2D eigenvalue weighted by molar-refractivity contribution is 5.29. The highest BCUT2D eigenvalue weighted by atomic mass is 16.3. The highest BCUT2D eigenvalue weighted by Crippen LogP contribution is 2.23. The number of hydrogen-bond donors (Lipinski definition) is 2. The Morgan fingerprint density at radius 1 is 1.19 bits per heavy atom. The lowest BCUT2D eigenvalue weighted by Crippen LogP contribution is -2.39. The monoisotopic (exact) mass is 221 g/mol. The van der Waals surface area contributed by atoms with E-state index in [0.717, 1.165) is 5.56 Å². The Hall–Kier alpha value is -1.02. The molecule has 0 spiro atoms. The van der Waals surface area contributed by atoms with Crippen LogP contribution in [0.1, 0.15) is 46.2 Å². The average molecular weight is 221 g/mol. The Kier molecular flexibility index (Phi) is 3.98. The molecule has 0 aliphatic rings. The van der Waals surface area contributed by atoms with Crippen molar-refractivity contribution in [3.05, 3.63) is 29.8 Å². The van der Waals surface area contributed by atoms with Crippen molar-refractivity contribution in [2.45, 2.75) is 46.7 Å². The first-order valence-electron chi connectivity index (χ1n) is 5.85. The van der Waals surface area contributed by atoms with E-state index < -0.39 is 0 Å². The molecule has 2 heteroatoms. The second-order valence-electron chi connectivity index (χ2n) is 5.57. The van der Waals surface area contributed by atoms with E-state index >= 15 is 0 Å². The lowest BCUT2D eigenvalue weighted by atomic mass is 9.87. The van der Waals surface area contributed by atoms with Crippen molar-refractivity contribution in [2.24, 2.45) is 5.41 Å². The third-order valence-corrected chi connectivity index (χ3v) is 3.17. The van der Waals surface area contributed by atoms with Gasteiger partial charge in [0.1, 0.15) is 5.75 Å². The van der Waals surface area contributed by atoms with E-state index in [1.54, 1.807) is 6.07 Å². The van der Waals surface area contributed by atoms with Gasteiger partial charge in [0.05, 0.1) is 0 Å². The van der Waals surface area contributed by atoms with E-state index in [-0.39, 0.29) is 11.5 Å². The number of benzene rings is 1. The summed E-state index contributed by atoms with van der Waals surface area (Å²) in [5.74, 6) is 0.328. The Balaban J connectivity index is 2.69. The Bertz CT molecular complexity index is 341. The van der Waals surface area contributed by atoms with Crippen LogP contribution < -0.4 is 5.32 Å². The molecule has 0 bridgehead atoms. The lowest BCUT2D eigenvalue weighted by molar-refractivity contribution is 0.268. The SMILES string of the molecule is CC(NC(C)C(C)(C)C)c1cccc(O)c1. The summed E-state index contributed by atoms with van der Waals surface area (Å²) < 4.78 is 0. The van der Waals surface area contributed by atoms with Gasteiger partial charge < -0.3 is 10.4 Å². The molecule has 16 heavy (non-hydrogen) atoms. The molecule has 0 heterocycles. The van der Waals surface area contributed by atoms with Crippen LogP contribution in [0.15, 0.2) is 24.3 Å². The predicted molar refractivity (Wildman–Crippen MR) is 68.6 cm³/mol. The van der Waals surface area contributed by atoms with Gasteiger partial charge in [-0.15, -0.1) is 0 Å². The zero-order valence-electron chi connectivity index (χ0n) is 10.9. The van der Waals surface area contributed by atoms with Gasteiger partial charge in [-0.2, -0.15) is 0 Å². The molecule has 0 saturated heterocycles. The van der Waals surface area contributed by atoms with Gasteiger partial charge in [-0.05, 0) is 37.0 Å². The first-order valence-corrected chi connectivity index (χ1v) is 5.85. The Morgan fingerprint density at radius 3 is 2.31 bits per heavy atom. The number of phenols is 1. The molecule has 2 atom stereocenters. The summed E-state index contributed by atoms with van der Waals surface area (Å²) in [6.45, 7) is 11.0. The molecule has 1 aromatic carbocycles. The van der Waals surface area contributed by atoms with E-state index in [2.05, 4.69) is 39.9 Å². The summed E-state index contributed by atoms with van der Waals surface area (Å²) in [7, 11) is 0. The molecule has 0 saturated carbocycles. The molecule has 0 amide bonds. The zero-order valence-corrected chi connectivity index (χ0v) is 10.9. The van der Waals surface area contributed by atoms with Crippen LogP contribution in [-0.4, -0.2) is 11.1 Å². The van der Waals surface area contributed by atoms with Gasteiger partial charge in [0, 0.05) is 12.1 Å². The van der Waals surface area contributed by atoms with Gasteiger partial charge in [-0.25, -0.2) is 0 Å². The summed E-state index contributed by atoms with van der Waals surface area (Å²) >= 11 is 0. The molecule has 0 aliphatic heterocycles. The standard InChI is InChI=1S/C14H23NO/c1-10(15-11(2)14(3,4)5)12-7-6-8-13(16)9-12/h6-11,15-16H,1-5H3. The minimum atomic E-state index is 0.241. The maximum Gasteiger partial charge on any atom is 0.115 e. The molecular formula is C14H23NO. The molecule has 0 aliphatic carbocycles. The van der Waals surface area contributed by atoms with Crippen LogP contribution in [-0.2, 0) is 0 Å². The fourth-order valence-corrected chi connectivity index (χ4v) is 1.52. The number of nitrogens with one attached hydrogen (secondary N) is 1. The van der Waals surface area contributed by atoms with Gasteiger partial charge in [0.25, 0.3) is 0 Å². The van der Waals surface area contributed by atoms with Crippen molar-refractivity contribution in [1.82, 2.24) is 5.32 Å². The van der Waals surface area contributed by atoms with E-state index in [0.29, 0.717) is 11.8 Å². The fraction of sp³-hybridized carbons (Fsp3) is 0.571. The van der Waals surface area contributed by atoms with E-state index in [4.69, 9.17) is 0 Å². The molecule has 90 valence electrons. The van der Waals surface area contributed by atoms with Crippen molar-refractivity contribution in [2.75, 3.05) is 0 Å². The molecule has 2 nitrogen and oxygen atoms in total. The molecule has 0 radical (unpaired) electrons. The van der Waals surface area contributed by atoms with Crippen LogP contribution in [0.2, 0.25) is 0 Å². The fourth-order valence-electron chi connectivity index (χ4n) is 1.52. The smallest absolute Gasteiger partial charge is 0.115 e. The van der Waals surface area contributed by atoms with Crippen molar-refractivity contribution in [3.8, 4) is 5.75 Å². The van der Waals surface area contributed by atoms with Gasteiger partial charge in [0.2, 0.25) is 0 Å². The van der Waals surface area contributed by atoms with Crippen LogP contribution in [0.3, 0.4) is 0 Å². The van der Waals surface area contributed by atoms with Gasteiger partial charge in [0.15, 0.2) is 0 Å². The molecule has 0 aromatic heterocycles. The summed E-state index contributed by atoms with van der Waals surface area (Å²) in [6.07, 6.45) is 0. The van der Waals surface area contributed by atoms with Crippen LogP contribution in [0.5, 0.6) is 5.75 Å². The first kappa shape index (κ1) is 13.0. The number of rotatable bonds is 3. The third kappa shape index (κ3) is 3.53. The predicted octanol–water partition coefficient (Wildman–Crippen LogP) is 3.48. The van der Waals surface area contributed by atoms with Crippen LogP contribution in [0.4, 0.5) is 0 Å². The van der Waals surface area contributed by atoms with Gasteiger partial charge >= 0.3 is 0 Å². The van der Waals surface area contributed by atoms with Crippen molar-refractivity contribution >= 4 is 0 Å². The van der Waals surface area contributed by atoms with Crippen molar-refractivity contribution in [3.63, 3.8) is 0 Å². The average Bonchev–Trinajstić information content (AvgIpc) is 2.16. The minimum Gasteiger partial charge on any atom is -0.508 e. The van der Waals surface area contributed by atoms with Crippen LogP contribution in [0.25, 0.3) is 0 Å². The lowest BCUT2D eigenvalue weighted by Gasteiger charge is -2.31. The van der Waals surface area contributed by atoms with E-state index in [9.17, 15) is 5.11 Å². The quantitative estimate of drug-likeness (QED) is 0.819. The third-order valence-electron chi connectivity index (χ3n) is 3.17. The second kappa shape index (κ2) is 4.88. The molecule has 2 N–H and O–H groups in total. The molecular weight excluding hydrogens is 198 g/mol. The number of phenolic OH excluding ortho intramolecular Hbond substituents is 1. The summed E-state index contributed by atoms with van der Waals surface area (Å²) in [5, 5.41) is 13.0. The second-order valence-corrected chi connectivity index (χ2v) is 5.57. The first-order chi connectivity index (χ1) is 7.30. The van der Waals surface area contributed by atoms with Crippen LogP contribution in [0, 0.1) is 5.41 Å². The Morgan fingerprint density at radius 2 is 1.81 bits per heavy atom. The molecule has 1 aromatic rings. The van der Waals surface area contributed by atoms with Crippen LogP contribution >= 0.6 is 0 Å². The maximum atomic E-state index is 9.43. The number of aromatic hydroxyl groups is 1. The summed E-state index contributed by atoms with van der Waals surface area (Å²) in [6, 6.07) is 8.10.